The van der Waals surface area contributed by atoms with E-state index in [4.69, 9.17) is 0 Å². The van der Waals surface area contributed by atoms with E-state index in [-0.39, 0.29) is 10.8 Å². The number of nitrogens with zero attached hydrogens (tertiary/aromatic N) is 2. The van der Waals surface area contributed by atoms with E-state index in [0.717, 1.165) is 18.4 Å². The number of para-hydroxylation sites is 1. The topological polar surface area (TPSA) is 79.4 Å². The van der Waals surface area contributed by atoms with Crippen LogP contribution >= 0.6 is 11.8 Å². The molecule has 1 aliphatic rings. The highest BCUT2D eigenvalue weighted by Crippen LogP contribution is 2.35. The Morgan fingerprint density at radius 1 is 0.935 bits per heavy atom. The Morgan fingerprint density at radius 3 is 2.19 bits per heavy atom. The molecule has 31 heavy (non-hydrogen) atoms. The van der Waals surface area contributed by atoms with E-state index in [1.54, 1.807) is 12.1 Å². The van der Waals surface area contributed by atoms with Crippen molar-refractivity contribution in [2.45, 2.75) is 28.0 Å². The number of carbonyl (C=O) groups excluding carboxylic acids is 1. The number of anilines is 1. The summed E-state index contributed by atoms with van der Waals surface area (Å²) >= 11 is 1.29. The lowest BCUT2D eigenvalue weighted by Gasteiger charge is -2.18. The zero-order valence-corrected chi connectivity index (χ0v) is 18.5. The molecule has 1 aliphatic heterocycles. The summed E-state index contributed by atoms with van der Waals surface area (Å²) in [7, 11) is -3.51. The molecule has 3 aromatic rings. The van der Waals surface area contributed by atoms with Crippen LogP contribution in [-0.2, 0) is 14.8 Å². The lowest BCUT2D eigenvalue weighted by atomic mass is 10.1. The van der Waals surface area contributed by atoms with Gasteiger partial charge in [0.1, 0.15) is 10.1 Å². The predicted octanol–water partition coefficient (Wildman–Crippen LogP) is 4.34. The van der Waals surface area contributed by atoms with Crippen molar-refractivity contribution in [3.63, 3.8) is 0 Å². The van der Waals surface area contributed by atoms with Crippen molar-refractivity contribution in [3.05, 3.63) is 84.6 Å². The number of hydrogen-bond acceptors (Lipinski definition) is 5. The van der Waals surface area contributed by atoms with Crippen LogP contribution in [0.15, 0.2) is 88.9 Å². The van der Waals surface area contributed by atoms with Gasteiger partial charge in [0.2, 0.25) is 15.9 Å². The molecule has 1 N–H and O–H groups in total. The maximum absolute atomic E-state index is 13.1. The second-order valence-corrected chi connectivity index (χ2v) is 10.3. The summed E-state index contributed by atoms with van der Waals surface area (Å²) in [5.41, 5.74) is 1.56. The summed E-state index contributed by atoms with van der Waals surface area (Å²) in [6, 6.07) is 22.0. The fourth-order valence-corrected chi connectivity index (χ4v) is 5.84. The van der Waals surface area contributed by atoms with Crippen LogP contribution in [0.4, 0.5) is 5.69 Å². The molecule has 1 saturated heterocycles. The Kier molecular flexibility index (Phi) is 6.70. The van der Waals surface area contributed by atoms with Gasteiger partial charge in [-0.3, -0.25) is 4.79 Å². The van der Waals surface area contributed by atoms with E-state index in [2.05, 4.69) is 10.3 Å². The van der Waals surface area contributed by atoms with E-state index in [1.165, 1.54) is 22.3 Å². The molecule has 0 saturated carbocycles. The van der Waals surface area contributed by atoms with Gasteiger partial charge in [0, 0.05) is 25.0 Å². The molecule has 1 unspecified atom stereocenters. The third-order valence-corrected chi connectivity index (χ3v) is 8.12. The standard InChI is InChI=1S/C23H23N3O3S2/c27-23(25-19-11-5-2-6-12-19)22(18-9-3-1-4-10-18)30-21-14-13-20(17-24-21)31(28,29)26-15-7-8-16-26/h1-6,9-14,17,22H,7-8,15-16H2,(H,25,27). The van der Waals surface area contributed by atoms with Crippen molar-refractivity contribution in [2.75, 3.05) is 18.4 Å². The Bertz CT molecular complexity index is 1120. The van der Waals surface area contributed by atoms with Crippen molar-refractivity contribution < 1.29 is 13.2 Å². The van der Waals surface area contributed by atoms with E-state index in [9.17, 15) is 13.2 Å². The average Bonchev–Trinajstić information content (AvgIpc) is 3.35. The van der Waals surface area contributed by atoms with Gasteiger partial charge >= 0.3 is 0 Å². The van der Waals surface area contributed by atoms with E-state index in [1.807, 2.05) is 60.7 Å². The normalized spacial score (nSPS) is 15.5. The molecular formula is C23H23N3O3S2. The molecule has 2 heterocycles. The monoisotopic (exact) mass is 453 g/mol. The number of sulfonamides is 1. The predicted molar refractivity (Wildman–Crippen MR) is 122 cm³/mol. The molecular weight excluding hydrogens is 430 g/mol. The number of aromatic nitrogens is 1. The van der Waals surface area contributed by atoms with Gasteiger partial charge in [-0.2, -0.15) is 4.31 Å². The van der Waals surface area contributed by atoms with Gasteiger partial charge in [-0.25, -0.2) is 13.4 Å². The number of benzene rings is 2. The fraction of sp³-hybridized carbons (Fsp3) is 0.217. The summed E-state index contributed by atoms with van der Waals surface area (Å²) < 4.78 is 26.9. The largest absolute Gasteiger partial charge is 0.325 e. The van der Waals surface area contributed by atoms with Crippen molar-refractivity contribution in [2.24, 2.45) is 0 Å². The summed E-state index contributed by atoms with van der Waals surface area (Å²) in [6.45, 7) is 1.10. The summed E-state index contributed by atoms with van der Waals surface area (Å²) in [5.74, 6) is -0.169. The molecule has 1 fully saturated rings. The molecule has 0 spiro atoms. The highest BCUT2D eigenvalue weighted by molar-refractivity contribution is 8.00. The number of amides is 1. The molecule has 1 atom stereocenters. The smallest absolute Gasteiger partial charge is 0.244 e. The van der Waals surface area contributed by atoms with Crippen LogP contribution in [0.25, 0.3) is 0 Å². The Morgan fingerprint density at radius 2 is 1.58 bits per heavy atom. The number of carbonyl (C=O) groups is 1. The Labute approximate surface area is 186 Å². The molecule has 0 aliphatic carbocycles. The van der Waals surface area contributed by atoms with Gasteiger partial charge in [-0.15, -0.1) is 0 Å². The molecule has 160 valence electrons. The Hall–Kier alpha value is -2.68. The van der Waals surface area contributed by atoms with Gasteiger partial charge in [0.25, 0.3) is 0 Å². The molecule has 1 amide bonds. The fourth-order valence-electron chi connectivity index (χ4n) is 3.42. The van der Waals surface area contributed by atoms with Gasteiger partial charge in [0.05, 0.1) is 5.03 Å². The summed E-state index contributed by atoms with van der Waals surface area (Å²) in [4.78, 5) is 17.6. The second kappa shape index (κ2) is 9.64. The minimum atomic E-state index is -3.51. The van der Waals surface area contributed by atoms with Crippen LogP contribution < -0.4 is 5.32 Å². The minimum Gasteiger partial charge on any atom is -0.325 e. The van der Waals surface area contributed by atoms with Crippen LogP contribution in [0.2, 0.25) is 0 Å². The highest BCUT2D eigenvalue weighted by atomic mass is 32.2. The molecule has 4 rings (SSSR count). The SMILES string of the molecule is O=C(Nc1ccccc1)C(Sc1ccc(S(=O)(=O)N2CCCC2)cn1)c1ccccc1. The first-order chi connectivity index (χ1) is 15.0. The quantitative estimate of drug-likeness (QED) is 0.539. The van der Waals surface area contributed by atoms with Crippen LogP contribution in [0.5, 0.6) is 0 Å². The van der Waals surface area contributed by atoms with Crippen LogP contribution in [-0.4, -0.2) is 36.7 Å². The molecule has 8 heteroatoms. The Balaban J connectivity index is 1.55. The number of nitrogens with one attached hydrogen (secondary N) is 1. The maximum atomic E-state index is 13.1. The van der Waals surface area contributed by atoms with Crippen LogP contribution in [0, 0.1) is 0 Å². The minimum absolute atomic E-state index is 0.169. The van der Waals surface area contributed by atoms with Crippen molar-refractivity contribution in [1.82, 2.24) is 9.29 Å². The number of hydrogen-bond donors (Lipinski definition) is 1. The first kappa shape index (κ1) is 21.5. The molecule has 0 radical (unpaired) electrons. The number of rotatable bonds is 7. The first-order valence-corrected chi connectivity index (χ1v) is 12.4. The molecule has 6 nitrogen and oxygen atoms in total. The second-order valence-electron chi connectivity index (χ2n) is 7.21. The third kappa shape index (κ3) is 5.15. The zero-order chi connectivity index (χ0) is 21.7. The molecule has 2 aromatic carbocycles. The average molecular weight is 454 g/mol. The van der Waals surface area contributed by atoms with E-state index >= 15 is 0 Å². The van der Waals surface area contributed by atoms with E-state index in [0.29, 0.717) is 23.8 Å². The van der Waals surface area contributed by atoms with Gasteiger partial charge in [0.15, 0.2) is 0 Å². The highest BCUT2D eigenvalue weighted by Gasteiger charge is 2.28. The first-order valence-electron chi connectivity index (χ1n) is 10.1. The lowest BCUT2D eigenvalue weighted by molar-refractivity contribution is -0.115. The van der Waals surface area contributed by atoms with Gasteiger partial charge in [-0.05, 0) is 42.7 Å². The summed E-state index contributed by atoms with van der Waals surface area (Å²) in [6.07, 6.45) is 3.15. The number of thioether (sulfide) groups is 1. The molecule has 0 bridgehead atoms. The van der Waals surface area contributed by atoms with Crippen LogP contribution in [0.1, 0.15) is 23.7 Å². The van der Waals surface area contributed by atoms with Gasteiger partial charge in [-0.1, -0.05) is 60.3 Å². The van der Waals surface area contributed by atoms with Gasteiger partial charge < -0.3 is 5.32 Å². The van der Waals surface area contributed by atoms with Crippen molar-refractivity contribution in [3.8, 4) is 0 Å². The van der Waals surface area contributed by atoms with Crippen molar-refractivity contribution >= 4 is 33.4 Å². The van der Waals surface area contributed by atoms with Crippen molar-refractivity contribution in [1.29, 1.82) is 0 Å². The van der Waals surface area contributed by atoms with E-state index < -0.39 is 15.3 Å². The lowest BCUT2D eigenvalue weighted by Crippen LogP contribution is -2.27. The molecule has 1 aromatic heterocycles. The maximum Gasteiger partial charge on any atom is 0.244 e. The summed E-state index contributed by atoms with van der Waals surface area (Å²) in [5, 5.41) is 2.99. The number of pyridine rings is 1. The van der Waals surface area contributed by atoms with Crippen LogP contribution in [0.3, 0.4) is 0 Å². The zero-order valence-electron chi connectivity index (χ0n) is 16.8. The third-order valence-electron chi connectivity index (χ3n) is 5.03.